The molecule has 1 spiro atoms. The van der Waals surface area contributed by atoms with Gasteiger partial charge >= 0.3 is 5.97 Å². The summed E-state index contributed by atoms with van der Waals surface area (Å²) in [6.07, 6.45) is 1.33. The Morgan fingerprint density at radius 2 is 2.12 bits per heavy atom. The van der Waals surface area contributed by atoms with Crippen molar-refractivity contribution in [3.63, 3.8) is 0 Å². The molecule has 134 valence electrons. The highest BCUT2D eigenvalue weighted by Gasteiger charge is 2.68. The minimum absolute atomic E-state index is 0.0552. The number of aromatic nitrogens is 3. The first-order chi connectivity index (χ1) is 12.4. The second kappa shape index (κ2) is 4.88. The number of anilines is 1. The van der Waals surface area contributed by atoms with Crippen molar-refractivity contribution >= 4 is 33.7 Å². The van der Waals surface area contributed by atoms with Crippen LogP contribution in [0.25, 0.3) is 21.9 Å². The van der Waals surface area contributed by atoms with Crippen molar-refractivity contribution in [1.29, 1.82) is 0 Å². The van der Waals surface area contributed by atoms with Crippen LogP contribution >= 0.6 is 0 Å². The minimum atomic E-state index is -2.42. The quantitative estimate of drug-likeness (QED) is 0.725. The molecule has 2 aliphatic heterocycles. The van der Waals surface area contributed by atoms with Gasteiger partial charge in [-0.2, -0.15) is 0 Å². The van der Waals surface area contributed by atoms with E-state index in [4.69, 9.17) is 4.74 Å². The summed E-state index contributed by atoms with van der Waals surface area (Å²) in [6.45, 7) is -0.0410. The Kier molecular flexibility index (Phi) is 2.90. The summed E-state index contributed by atoms with van der Waals surface area (Å²) < 4.78 is 34.0. The van der Waals surface area contributed by atoms with Crippen LogP contribution < -0.4 is 4.90 Å². The molecule has 2 fully saturated rings. The fraction of sp³-hybridized carbons (Fsp3) is 0.353. The molecule has 2 aliphatic rings. The van der Waals surface area contributed by atoms with Crippen molar-refractivity contribution in [2.75, 3.05) is 31.2 Å². The maximum Gasteiger partial charge on any atom is 0.344 e. The highest BCUT2D eigenvalue weighted by Crippen LogP contribution is 2.49. The molecule has 0 amide bonds. The number of aromatic amines is 1. The zero-order chi connectivity index (χ0) is 18.1. The summed E-state index contributed by atoms with van der Waals surface area (Å²) in [5.41, 5.74) is -2.47. The van der Waals surface area contributed by atoms with Crippen molar-refractivity contribution in [3.8, 4) is 0 Å². The van der Waals surface area contributed by atoms with E-state index < -0.39 is 17.1 Å². The lowest BCUT2D eigenvalue weighted by Gasteiger charge is -2.43. The molecule has 1 unspecified atom stereocenters. The van der Waals surface area contributed by atoms with E-state index >= 15 is 4.39 Å². The third-order valence-corrected chi connectivity index (χ3v) is 5.47. The average Bonchev–Trinajstić information content (AvgIpc) is 3.09. The molecule has 0 bridgehead atoms. The number of aliphatic carboxylic acids is 1. The van der Waals surface area contributed by atoms with Crippen molar-refractivity contribution in [3.05, 3.63) is 30.3 Å². The molecule has 0 saturated carbocycles. The summed E-state index contributed by atoms with van der Waals surface area (Å²) >= 11 is 0. The molecule has 3 aromatic rings. The molecule has 9 heteroatoms. The maximum absolute atomic E-state index is 15.3. The number of fused-ring (bicyclic) bond motifs is 3. The molecular formula is C17H14F2N4O3. The van der Waals surface area contributed by atoms with Crippen LogP contribution in [0.5, 0.6) is 0 Å². The molecule has 4 heterocycles. The lowest BCUT2D eigenvalue weighted by atomic mass is 9.74. The molecule has 2 N–H and O–H groups in total. The lowest BCUT2D eigenvalue weighted by Crippen LogP contribution is -2.60. The van der Waals surface area contributed by atoms with Gasteiger partial charge < -0.3 is 19.7 Å². The number of alkyl halides is 1. The van der Waals surface area contributed by atoms with Gasteiger partial charge in [0, 0.05) is 11.9 Å². The Bertz CT molecular complexity index is 1060. The summed E-state index contributed by atoms with van der Waals surface area (Å²) in [5, 5.41) is 10.8. The standard InChI is InChI=1S/C17H14F2N4O3/c18-9-1-2-10-11(3-9)22-13-12(10)14(21-8-20-13)23-4-16(6-26-7-16)17(19,5-23)15(24)25/h1-3,8H,4-7H2,(H,24,25)(H,20,21,22). The third kappa shape index (κ3) is 1.80. The Morgan fingerprint density at radius 3 is 2.77 bits per heavy atom. The van der Waals surface area contributed by atoms with E-state index in [-0.39, 0.29) is 32.1 Å². The van der Waals surface area contributed by atoms with E-state index in [1.165, 1.54) is 18.5 Å². The van der Waals surface area contributed by atoms with Crippen LogP contribution in [-0.4, -0.2) is 58.0 Å². The predicted molar refractivity (Wildman–Crippen MR) is 88.3 cm³/mol. The van der Waals surface area contributed by atoms with E-state index in [0.29, 0.717) is 27.8 Å². The number of hydrogen-bond acceptors (Lipinski definition) is 5. The largest absolute Gasteiger partial charge is 0.479 e. The summed E-state index contributed by atoms with van der Waals surface area (Å²) in [6, 6.07) is 4.28. The van der Waals surface area contributed by atoms with E-state index in [1.807, 2.05) is 0 Å². The van der Waals surface area contributed by atoms with E-state index in [0.717, 1.165) is 0 Å². The summed E-state index contributed by atoms with van der Waals surface area (Å²) in [5.74, 6) is -1.45. The molecule has 1 atom stereocenters. The van der Waals surface area contributed by atoms with Crippen LogP contribution in [0.3, 0.4) is 0 Å². The number of carboxylic acid groups (broad SMARTS) is 1. The highest BCUT2D eigenvalue weighted by atomic mass is 19.1. The topological polar surface area (TPSA) is 91.3 Å². The predicted octanol–water partition coefficient (Wildman–Crippen LogP) is 1.88. The SMILES string of the molecule is O=C(O)C1(F)CN(c2ncnc3[nH]c4cc(F)ccc4c23)CC12COC2. The number of H-pyrrole nitrogens is 1. The number of halogens is 2. The fourth-order valence-electron chi connectivity index (χ4n) is 4.01. The Labute approximate surface area is 145 Å². The van der Waals surface area contributed by atoms with Gasteiger partial charge in [-0.1, -0.05) is 0 Å². The van der Waals surface area contributed by atoms with Gasteiger partial charge in [0.25, 0.3) is 0 Å². The first kappa shape index (κ1) is 15.4. The Hall–Kier alpha value is -2.81. The van der Waals surface area contributed by atoms with Crippen LogP contribution in [0.4, 0.5) is 14.6 Å². The van der Waals surface area contributed by atoms with E-state index in [2.05, 4.69) is 15.0 Å². The molecule has 5 rings (SSSR count). The van der Waals surface area contributed by atoms with Gasteiger partial charge in [0.1, 0.15) is 23.6 Å². The van der Waals surface area contributed by atoms with Crippen LogP contribution in [0.1, 0.15) is 0 Å². The maximum atomic E-state index is 15.3. The molecule has 26 heavy (non-hydrogen) atoms. The minimum Gasteiger partial charge on any atom is -0.479 e. The van der Waals surface area contributed by atoms with Gasteiger partial charge in [0.15, 0.2) is 0 Å². The number of carbonyl (C=O) groups is 1. The van der Waals surface area contributed by atoms with Gasteiger partial charge in [0.2, 0.25) is 5.67 Å². The Morgan fingerprint density at radius 1 is 1.31 bits per heavy atom. The van der Waals surface area contributed by atoms with Gasteiger partial charge in [-0.15, -0.1) is 0 Å². The van der Waals surface area contributed by atoms with E-state index in [1.54, 1.807) is 11.0 Å². The van der Waals surface area contributed by atoms with Crippen LogP contribution in [0, 0.1) is 11.2 Å². The molecule has 0 aliphatic carbocycles. The lowest BCUT2D eigenvalue weighted by molar-refractivity contribution is -0.192. The third-order valence-electron chi connectivity index (χ3n) is 5.47. The van der Waals surface area contributed by atoms with Gasteiger partial charge in [0.05, 0.1) is 36.1 Å². The van der Waals surface area contributed by atoms with Gasteiger partial charge in [-0.25, -0.2) is 23.5 Å². The van der Waals surface area contributed by atoms with Crippen molar-refractivity contribution < 1.29 is 23.4 Å². The normalized spacial score (nSPS) is 24.5. The zero-order valence-corrected chi connectivity index (χ0v) is 13.5. The van der Waals surface area contributed by atoms with Crippen LogP contribution in [0.15, 0.2) is 24.5 Å². The number of carboxylic acids is 1. The van der Waals surface area contributed by atoms with Crippen molar-refractivity contribution in [2.45, 2.75) is 5.67 Å². The first-order valence-electron chi connectivity index (χ1n) is 8.10. The Balaban J connectivity index is 1.68. The van der Waals surface area contributed by atoms with Crippen LogP contribution in [0.2, 0.25) is 0 Å². The zero-order valence-electron chi connectivity index (χ0n) is 13.5. The van der Waals surface area contributed by atoms with Crippen LogP contribution in [-0.2, 0) is 9.53 Å². The monoisotopic (exact) mass is 360 g/mol. The molecule has 7 nitrogen and oxygen atoms in total. The highest BCUT2D eigenvalue weighted by molar-refractivity contribution is 6.11. The number of hydrogen-bond donors (Lipinski definition) is 2. The molecule has 1 aromatic carbocycles. The second-order valence-electron chi connectivity index (χ2n) is 6.97. The first-order valence-corrected chi connectivity index (χ1v) is 8.10. The van der Waals surface area contributed by atoms with Crippen molar-refractivity contribution in [2.24, 2.45) is 5.41 Å². The number of rotatable bonds is 2. The van der Waals surface area contributed by atoms with E-state index in [9.17, 15) is 14.3 Å². The van der Waals surface area contributed by atoms with Crippen molar-refractivity contribution in [1.82, 2.24) is 15.0 Å². The molecule has 2 saturated heterocycles. The molecule has 0 radical (unpaired) electrons. The van der Waals surface area contributed by atoms with Gasteiger partial charge in [-0.3, -0.25) is 0 Å². The second-order valence-corrected chi connectivity index (χ2v) is 6.97. The smallest absolute Gasteiger partial charge is 0.344 e. The van der Waals surface area contributed by atoms with Gasteiger partial charge in [-0.05, 0) is 18.2 Å². The summed E-state index contributed by atoms with van der Waals surface area (Å²) in [4.78, 5) is 24.7. The number of nitrogens with zero attached hydrogens (tertiary/aromatic N) is 3. The molecule has 2 aromatic heterocycles. The fourth-order valence-corrected chi connectivity index (χ4v) is 4.01. The average molecular weight is 360 g/mol. The number of nitrogens with one attached hydrogen (secondary N) is 1. The summed E-state index contributed by atoms with van der Waals surface area (Å²) in [7, 11) is 0. The number of benzene rings is 1. The molecular weight excluding hydrogens is 346 g/mol. The number of ether oxygens (including phenoxy) is 1.